The van der Waals surface area contributed by atoms with Gasteiger partial charge in [-0.25, -0.2) is 15.0 Å². The van der Waals surface area contributed by atoms with E-state index in [4.69, 9.17) is 39.2 Å². The van der Waals surface area contributed by atoms with E-state index in [1.54, 1.807) is 36.6 Å². The maximum atomic E-state index is 5.69. The Morgan fingerprint density at radius 3 is 2.17 bits per heavy atom. The molecule has 0 amide bonds. The first-order chi connectivity index (χ1) is 11.1. The number of hydrogen-bond acceptors (Lipinski definition) is 7. The van der Waals surface area contributed by atoms with E-state index >= 15 is 0 Å². The van der Waals surface area contributed by atoms with Crippen LogP contribution in [0, 0.1) is 0 Å². The zero-order chi connectivity index (χ0) is 16.5. The summed E-state index contributed by atoms with van der Waals surface area (Å²) in [7, 11) is 0. The van der Waals surface area contributed by atoms with Crippen LogP contribution >= 0.6 is 34.8 Å². The van der Waals surface area contributed by atoms with Crippen LogP contribution in [0.4, 0.5) is 0 Å². The van der Waals surface area contributed by atoms with Crippen molar-refractivity contribution in [3.8, 4) is 0 Å². The van der Waals surface area contributed by atoms with Gasteiger partial charge in [0.05, 0.1) is 12.0 Å². The first-order valence-corrected chi connectivity index (χ1v) is 7.23. The Morgan fingerprint density at radius 2 is 1.65 bits per heavy atom. The van der Waals surface area contributed by atoms with Gasteiger partial charge in [-0.3, -0.25) is 0 Å². The van der Waals surface area contributed by atoms with Crippen LogP contribution in [0.3, 0.4) is 0 Å². The number of aromatic nitrogens is 6. The molecule has 3 rings (SSSR count). The highest BCUT2D eigenvalue weighted by Crippen LogP contribution is 2.36. The second kappa shape index (κ2) is 8.52. The fourth-order valence-corrected chi connectivity index (χ4v) is 1.58. The monoisotopic (exact) mass is 370 g/mol. The first kappa shape index (κ1) is 17.3. The molecule has 0 fully saturated rings. The third kappa shape index (κ3) is 6.27. The molecule has 0 atom stereocenters. The number of nitrogens with zero attached hydrogens (tertiary/aromatic N) is 6. The summed E-state index contributed by atoms with van der Waals surface area (Å²) < 4.78 is 3.52. The van der Waals surface area contributed by atoms with Crippen LogP contribution in [0.5, 0.6) is 0 Å². The minimum atomic E-state index is -1.61. The fourth-order valence-electron chi connectivity index (χ4n) is 1.30. The number of alkyl halides is 3. The van der Waals surface area contributed by atoms with Crippen molar-refractivity contribution < 1.29 is 4.42 Å². The number of hydrogen-bond donors (Lipinski definition) is 0. The SMILES string of the molecule is ClC(Cl)(Cl)c1cc(C=Cc2ccco2)nnn1.c1ncncn1. The van der Waals surface area contributed by atoms with E-state index in [-0.39, 0.29) is 5.69 Å². The van der Waals surface area contributed by atoms with Gasteiger partial charge in [-0.05, 0) is 35.6 Å². The molecule has 0 saturated carbocycles. The summed E-state index contributed by atoms with van der Waals surface area (Å²) in [5, 5.41) is 10.9. The maximum absolute atomic E-state index is 5.69. The van der Waals surface area contributed by atoms with Crippen LogP contribution in [0.2, 0.25) is 0 Å². The van der Waals surface area contributed by atoms with E-state index in [0.29, 0.717) is 11.5 Å². The molecule has 0 aliphatic rings. The molecule has 0 saturated heterocycles. The van der Waals surface area contributed by atoms with Gasteiger partial charge in [-0.15, -0.1) is 10.2 Å². The highest BCUT2D eigenvalue weighted by Gasteiger charge is 2.25. The smallest absolute Gasteiger partial charge is 0.234 e. The molecule has 3 heterocycles. The largest absolute Gasteiger partial charge is 0.465 e. The standard InChI is InChI=1S/C10H6Cl3N3O.C3H3N3/c11-10(12,13)9-6-7(14-16-15-9)3-4-8-2-1-5-17-8;1-4-2-6-3-5-1/h1-6H;1-3H. The van der Waals surface area contributed by atoms with E-state index in [2.05, 4.69) is 30.4 Å². The third-order valence-corrected chi connectivity index (χ3v) is 2.83. The quantitative estimate of drug-likeness (QED) is 0.638. The van der Waals surface area contributed by atoms with Crippen molar-refractivity contribution in [1.82, 2.24) is 30.4 Å². The fraction of sp³-hybridized carbons (Fsp3) is 0.0769. The molecule has 3 aromatic heterocycles. The van der Waals surface area contributed by atoms with Gasteiger partial charge in [0, 0.05) is 0 Å². The second-order valence-corrected chi connectivity index (χ2v) is 6.17. The van der Waals surface area contributed by atoms with E-state index < -0.39 is 3.79 Å². The minimum absolute atomic E-state index is 0.219. The second-order valence-electron chi connectivity index (χ2n) is 3.88. The van der Waals surface area contributed by atoms with Gasteiger partial charge in [0.1, 0.15) is 30.4 Å². The summed E-state index contributed by atoms with van der Waals surface area (Å²) in [5.74, 6) is 0.694. The van der Waals surface area contributed by atoms with Crippen LogP contribution in [-0.2, 0) is 3.79 Å². The van der Waals surface area contributed by atoms with Gasteiger partial charge in [0.25, 0.3) is 0 Å². The normalized spacial score (nSPS) is 11.1. The summed E-state index contributed by atoms with van der Waals surface area (Å²) in [6, 6.07) is 5.13. The lowest BCUT2D eigenvalue weighted by Crippen LogP contribution is -2.06. The molecule has 3 aromatic rings. The van der Waals surface area contributed by atoms with Gasteiger partial charge < -0.3 is 4.42 Å². The Bertz CT molecular complexity index is 704. The molecule has 0 radical (unpaired) electrons. The minimum Gasteiger partial charge on any atom is -0.465 e. The lowest BCUT2D eigenvalue weighted by Gasteiger charge is -2.07. The first-order valence-electron chi connectivity index (χ1n) is 6.10. The highest BCUT2D eigenvalue weighted by molar-refractivity contribution is 6.66. The van der Waals surface area contributed by atoms with Crippen molar-refractivity contribution in [1.29, 1.82) is 0 Å². The highest BCUT2D eigenvalue weighted by atomic mass is 35.6. The van der Waals surface area contributed by atoms with Crippen LogP contribution in [0.25, 0.3) is 12.2 Å². The molecule has 10 heteroatoms. The molecule has 7 nitrogen and oxygen atoms in total. The maximum Gasteiger partial charge on any atom is 0.234 e. The van der Waals surface area contributed by atoms with Crippen LogP contribution in [0.15, 0.2) is 47.9 Å². The van der Waals surface area contributed by atoms with Crippen molar-refractivity contribution in [2.45, 2.75) is 3.79 Å². The summed E-state index contributed by atoms with van der Waals surface area (Å²) in [5.41, 5.74) is 0.745. The predicted molar refractivity (Wildman–Crippen MR) is 86.5 cm³/mol. The number of halogens is 3. The van der Waals surface area contributed by atoms with Crippen molar-refractivity contribution in [2.75, 3.05) is 0 Å². The molecule has 0 aliphatic carbocycles. The van der Waals surface area contributed by atoms with Crippen LogP contribution in [-0.4, -0.2) is 30.4 Å². The molecule has 0 unspecified atom stereocenters. The molecular formula is C13H9Cl3N6O. The summed E-state index contributed by atoms with van der Waals surface area (Å²) >= 11 is 17.1. The van der Waals surface area contributed by atoms with Gasteiger partial charge in [-0.1, -0.05) is 34.8 Å². The zero-order valence-corrected chi connectivity index (χ0v) is 13.7. The molecule has 23 heavy (non-hydrogen) atoms. The van der Waals surface area contributed by atoms with Gasteiger partial charge in [0.2, 0.25) is 3.79 Å². The molecular weight excluding hydrogens is 363 g/mol. The molecule has 0 aromatic carbocycles. The Labute approximate surface area is 146 Å². The zero-order valence-electron chi connectivity index (χ0n) is 11.4. The predicted octanol–water partition coefficient (Wildman–Crippen LogP) is 3.33. The average Bonchev–Trinajstić information content (AvgIpc) is 3.08. The molecule has 0 aliphatic heterocycles. The van der Waals surface area contributed by atoms with Gasteiger partial charge in [0.15, 0.2) is 0 Å². The third-order valence-electron chi connectivity index (χ3n) is 2.25. The number of rotatable bonds is 2. The Morgan fingerprint density at radius 1 is 0.957 bits per heavy atom. The number of furan rings is 1. The van der Waals surface area contributed by atoms with E-state index in [1.165, 1.54) is 19.0 Å². The van der Waals surface area contributed by atoms with Crippen molar-refractivity contribution in [3.05, 3.63) is 60.6 Å². The topological polar surface area (TPSA) is 90.5 Å². The van der Waals surface area contributed by atoms with Crippen molar-refractivity contribution >= 4 is 47.0 Å². The van der Waals surface area contributed by atoms with E-state index in [9.17, 15) is 0 Å². The Hall–Kier alpha value is -2.09. The Balaban J connectivity index is 0.000000268. The molecule has 0 bridgehead atoms. The summed E-state index contributed by atoms with van der Waals surface area (Å²) in [4.78, 5) is 10.7. The molecule has 118 valence electrons. The van der Waals surface area contributed by atoms with E-state index in [0.717, 1.165) is 0 Å². The van der Waals surface area contributed by atoms with Crippen LogP contribution in [0.1, 0.15) is 17.1 Å². The van der Waals surface area contributed by atoms with Crippen molar-refractivity contribution in [3.63, 3.8) is 0 Å². The van der Waals surface area contributed by atoms with Crippen LogP contribution < -0.4 is 0 Å². The lowest BCUT2D eigenvalue weighted by molar-refractivity contribution is 0.557. The average molecular weight is 372 g/mol. The molecule has 0 spiro atoms. The summed E-state index contributed by atoms with van der Waals surface area (Å²) in [6.07, 6.45) is 9.30. The van der Waals surface area contributed by atoms with Gasteiger partial charge >= 0.3 is 0 Å². The van der Waals surface area contributed by atoms with E-state index in [1.807, 2.05) is 0 Å². The summed E-state index contributed by atoms with van der Waals surface area (Å²) in [6.45, 7) is 0. The van der Waals surface area contributed by atoms with Crippen molar-refractivity contribution in [2.24, 2.45) is 0 Å². The molecule has 0 N–H and O–H groups in total. The Kier molecular flexibility index (Phi) is 6.40. The van der Waals surface area contributed by atoms with Gasteiger partial charge in [-0.2, -0.15) is 0 Å². The lowest BCUT2D eigenvalue weighted by atomic mass is 10.3.